The average Bonchev–Trinajstić information content (AvgIpc) is 2.96. The third-order valence-corrected chi connectivity index (χ3v) is 5.63. The summed E-state index contributed by atoms with van der Waals surface area (Å²) in [7, 11) is -3.45. The molecule has 0 bridgehead atoms. The number of hydrogen-bond acceptors (Lipinski definition) is 3. The fraction of sp³-hybridized carbons (Fsp3) is 0.250. The molecule has 1 aliphatic heterocycles. The molecule has 6 heteroatoms. The van der Waals surface area contributed by atoms with Crippen molar-refractivity contribution in [3.8, 4) is 11.1 Å². The number of halogens is 1. The summed E-state index contributed by atoms with van der Waals surface area (Å²) in [4.78, 5) is 0.331. The first-order valence-electron chi connectivity index (χ1n) is 6.98. The Balaban J connectivity index is 0.00000176. The van der Waals surface area contributed by atoms with E-state index in [1.165, 1.54) is 4.31 Å². The summed E-state index contributed by atoms with van der Waals surface area (Å²) in [5.74, 6) is 0. The van der Waals surface area contributed by atoms with Gasteiger partial charge in [-0.15, -0.1) is 12.4 Å². The largest absolute Gasteiger partial charge is 0.326 e. The van der Waals surface area contributed by atoms with Crippen LogP contribution in [0.3, 0.4) is 0 Å². The van der Waals surface area contributed by atoms with Crippen molar-refractivity contribution in [2.75, 3.05) is 13.1 Å². The monoisotopic (exact) mass is 338 g/mol. The summed E-state index contributed by atoms with van der Waals surface area (Å²) >= 11 is 0. The van der Waals surface area contributed by atoms with Crippen LogP contribution in [0.25, 0.3) is 11.1 Å². The van der Waals surface area contributed by atoms with Crippen LogP contribution in [0.15, 0.2) is 59.5 Å². The van der Waals surface area contributed by atoms with Crippen molar-refractivity contribution in [1.82, 2.24) is 4.31 Å². The summed E-state index contributed by atoms with van der Waals surface area (Å²) < 4.78 is 26.7. The standard InChI is InChI=1S/C16H18N2O2S.ClH/c17-15-9-10-18(12-15)21(19,20)16-8-4-7-14(11-16)13-5-2-1-3-6-13;/h1-8,11,15H,9-10,12,17H2;1H/t15-;/m0./s1. The molecule has 1 aliphatic rings. The lowest BCUT2D eigenvalue weighted by atomic mass is 10.1. The summed E-state index contributed by atoms with van der Waals surface area (Å²) in [6.45, 7) is 0.900. The Hall–Kier alpha value is -1.40. The fourth-order valence-electron chi connectivity index (χ4n) is 2.59. The molecule has 0 aromatic heterocycles. The first-order valence-corrected chi connectivity index (χ1v) is 8.42. The van der Waals surface area contributed by atoms with Crippen LogP contribution in [0, 0.1) is 0 Å². The highest BCUT2D eigenvalue weighted by Gasteiger charge is 2.30. The van der Waals surface area contributed by atoms with Crippen molar-refractivity contribution < 1.29 is 8.42 Å². The minimum absolute atomic E-state index is 0. The summed E-state index contributed by atoms with van der Waals surface area (Å²) in [6, 6.07) is 16.8. The number of hydrogen-bond donors (Lipinski definition) is 1. The molecule has 2 aromatic rings. The number of rotatable bonds is 3. The highest BCUT2D eigenvalue weighted by molar-refractivity contribution is 7.89. The molecule has 4 nitrogen and oxygen atoms in total. The van der Waals surface area contributed by atoms with Gasteiger partial charge in [0.2, 0.25) is 10.0 Å². The van der Waals surface area contributed by atoms with Crippen LogP contribution in [0.2, 0.25) is 0 Å². The van der Waals surface area contributed by atoms with Gasteiger partial charge in [-0.1, -0.05) is 42.5 Å². The molecule has 2 N–H and O–H groups in total. The first kappa shape index (κ1) is 17.0. The highest BCUT2D eigenvalue weighted by Crippen LogP contribution is 2.25. The van der Waals surface area contributed by atoms with E-state index in [0.717, 1.165) is 17.5 Å². The maximum absolute atomic E-state index is 12.6. The summed E-state index contributed by atoms with van der Waals surface area (Å²) in [5.41, 5.74) is 7.72. The zero-order valence-corrected chi connectivity index (χ0v) is 13.7. The van der Waals surface area contributed by atoms with E-state index in [1.807, 2.05) is 36.4 Å². The van der Waals surface area contributed by atoms with Gasteiger partial charge in [-0.25, -0.2) is 8.42 Å². The number of sulfonamides is 1. The SMILES string of the molecule is Cl.N[C@H]1CCN(S(=O)(=O)c2cccc(-c3ccccc3)c2)C1. The Morgan fingerprint density at radius 3 is 2.32 bits per heavy atom. The molecule has 0 saturated carbocycles. The maximum atomic E-state index is 12.6. The lowest BCUT2D eigenvalue weighted by molar-refractivity contribution is 0.472. The van der Waals surface area contributed by atoms with Crippen molar-refractivity contribution in [3.63, 3.8) is 0 Å². The van der Waals surface area contributed by atoms with Gasteiger partial charge in [0.25, 0.3) is 0 Å². The van der Waals surface area contributed by atoms with Gasteiger partial charge in [-0.2, -0.15) is 4.31 Å². The van der Waals surface area contributed by atoms with E-state index < -0.39 is 10.0 Å². The molecule has 0 unspecified atom stereocenters. The van der Waals surface area contributed by atoms with Crippen LogP contribution >= 0.6 is 12.4 Å². The second-order valence-corrected chi connectivity index (χ2v) is 7.24. The molecule has 1 saturated heterocycles. The average molecular weight is 339 g/mol. The minimum Gasteiger partial charge on any atom is -0.326 e. The predicted molar refractivity (Wildman–Crippen MR) is 90.5 cm³/mol. The van der Waals surface area contributed by atoms with Crippen LogP contribution in [0.5, 0.6) is 0 Å². The molecule has 1 atom stereocenters. The topological polar surface area (TPSA) is 63.4 Å². The molecule has 1 heterocycles. The Labute approximate surface area is 137 Å². The van der Waals surface area contributed by atoms with Crippen LogP contribution in [-0.4, -0.2) is 31.9 Å². The number of nitrogens with two attached hydrogens (primary N) is 1. The van der Waals surface area contributed by atoms with Crippen molar-refractivity contribution in [3.05, 3.63) is 54.6 Å². The normalized spacial score (nSPS) is 18.9. The summed E-state index contributed by atoms with van der Waals surface area (Å²) in [6.07, 6.45) is 0.720. The van der Waals surface area contributed by atoms with Gasteiger partial charge >= 0.3 is 0 Å². The molecule has 2 aromatic carbocycles. The summed E-state index contributed by atoms with van der Waals surface area (Å²) in [5, 5.41) is 0. The Kier molecular flexibility index (Phi) is 5.24. The van der Waals surface area contributed by atoms with E-state index in [9.17, 15) is 8.42 Å². The van der Waals surface area contributed by atoms with E-state index in [-0.39, 0.29) is 18.4 Å². The van der Waals surface area contributed by atoms with Gasteiger partial charge in [0.05, 0.1) is 4.90 Å². The maximum Gasteiger partial charge on any atom is 0.243 e. The molecule has 0 amide bonds. The predicted octanol–water partition coefficient (Wildman–Crippen LogP) is 2.50. The van der Waals surface area contributed by atoms with Crippen LogP contribution < -0.4 is 5.73 Å². The second kappa shape index (κ2) is 6.79. The van der Waals surface area contributed by atoms with Crippen LogP contribution in [-0.2, 0) is 10.0 Å². The third kappa shape index (κ3) is 3.33. The van der Waals surface area contributed by atoms with Gasteiger partial charge < -0.3 is 5.73 Å². The third-order valence-electron chi connectivity index (χ3n) is 3.77. The lowest BCUT2D eigenvalue weighted by Gasteiger charge is -2.16. The van der Waals surface area contributed by atoms with Gasteiger partial charge in [0.15, 0.2) is 0 Å². The minimum atomic E-state index is -3.45. The molecule has 118 valence electrons. The highest BCUT2D eigenvalue weighted by atomic mass is 35.5. The molecule has 0 aliphatic carbocycles. The van der Waals surface area contributed by atoms with E-state index in [1.54, 1.807) is 18.2 Å². The van der Waals surface area contributed by atoms with Gasteiger partial charge in [0, 0.05) is 19.1 Å². The molecule has 0 spiro atoms. The van der Waals surface area contributed by atoms with Crippen LogP contribution in [0.1, 0.15) is 6.42 Å². The zero-order valence-electron chi connectivity index (χ0n) is 12.1. The van der Waals surface area contributed by atoms with Gasteiger partial charge in [-0.3, -0.25) is 0 Å². The van der Waals surface area contributed by atoms with E-state index in [4.69, 9.17) is 5.73 Å². The fourth-order valence-corrected chi connectivity index (χ4v) is 4.15. The quantitative estimate of drug-likeness (QED) is 0.935. The molecule has 22 heavy (non-hydrogen) atoms. The first-order chi connectivity index (χ1) is 10.1. The number of benzene rings is 2. The van der Waals surface area contributed by atoms with Gasteiger partial charge in [-0.05, 0) is 29.7 Å². The Morgan fingerprint density at radius 1 is 1.00 bits per heavy atom. The van der Waals surface area contributed by atoms with Crippen molar-refractivity contribution in [2.24, 2.45) is 5.73 Å². The van der Waals surface area contributed by atoms with E-state index in [0.29, 0.717) is 18.0 Å². The molecule has 0 radical (unpaired) electrons. The Morgan fingerprint density at radius 2 is 1.68 bits per heavy atom. The van der Waals surface area contributed by atoms with Crippen molar-refractivity contribution >= 4 is 22.4 Å². The van der Waals surface area contributed by atoms with E-state index in [2.05, 4.69) is 0 Å². The Bertz CT molecular complexity index is 735. The molecular weight excluding hydrogens is 320 g/mol. The zero-order chi connectivity index (χ0) is 14.9. The van der Waals surface area contributed by atoms with Crippen molar-refractivity contribution in [2.45, 2.75) is 17.4 Å². The molecular formula is C16H19ClN2O2S. The van der Waals surface area contributed by atoms with Crippen LogP contribution in [0.4, 0.5) is 0 Å². The second-order valence-electron chi connectivity index (χ2n) is 5.31. The smallest absolute Gasteiger partial charge is 0.243 e. The molecule has 1 fully saturated rings. The van der Waals surface area contributed by atoms with Gasteiger partial charge in [0.1, 0.15) is 0 Å². The number of nitrogens with zero attached hydrogens (tertiary/aromatic N) is 1. The lowest BCUT2D eigenvalue weighted by Crippen LogP contribution is -2.31. The molecule has 3 rings (SSSR count). The van der Waals surface area contributed by atoms with Crippen molar-refractivity contribution in [1.29, 1.82) is 0 Å². The van der Waals surface area contributed by atoms with E-state index >= 15 is 0 Å².